The van der Waals surface area contributed by atoms with Crippen LogP contribution in [0.3, 0.4) is 0 Å². The van der Waals surface area contributed by atoms with Gasteiger partial charge >= 0.3 is 11.9 Å². The Morgan fingerprint density at radius 2 is 1.67 bits per heavy atom. The standard InChI is InChI=1S/C15H16N2O4/c1-8(2)10-4-6-11(7-5-10)17-9(3)12(14(18)19)13(16-17)15(20)21/h4-8H,1-3H3,(H,18,19)(H,20,21). The van der Waals surface area contributed by atoms with E-state index in [4.69, 9.17) is 10.2 Å². The third-order valence-electron chi connectivity index (χ3n) is 3.34. The van der Waals surface area contributed by atoms with Gasteiger partial charge in [0.1, 0.15) is 5.56 Å². The number of hydrogen-bond acceptors (Lipinski definition) is 3. The predicted molar refractivity (Wildman–Crippen MR) is 76.3 cm³/mol. The van der Waals surface area contributed by atoms with Gasteiger partial charge in [-0.1, -0.05) is 26.0 Å². The van der Waals surface area contributed by atoms with Crippen LogP contribution in [0.15, 0.2) is 24.3 Å². The quantitative estimate of drug-likeness (QED) is 0.902. The molecule has 2 rings (SSSR count). The molecule has 0 bridgehead atoms. The maximum Gasteiger partial charge on any atom is 0.357 e. The van der Waals surface area contributed by atoms with Crippen LogP contribution in [0.5, 0.6) is 0 Å². The van der Waals surface area contributed by atoms with Crippen molar-refractivity contribution in [2.24, 2.45) is 0 Å². The number of rotatable bonds is 4. The first-order valence-corrected chi connectivity index (χ1v) is 6.49. The van der Waals surface area contributed by atoms with Crippen molar-refractivity contribution in [2.75, 3.05) is 0 Å². The Labute approximate surface area is 121 Å². The molecule has 0 fully saturated rings. The number of hydrogen-bond donors (Lipinski definition) is 2. The highest BCUT2D eigenvalue weighted by Crippen LogP contribution is 2.21. The van der Waals surface area contributed by atoms with Crippen LogP contribution < -0.4 is 0 Å². The van der Waals surface area contributed by atoms with Crippen molar-refractivity contribution in [1.29, 1.82) is 0 Å². The summed E-state index contributed by atoms with van der Waals surface area (Å²) in [6, 6.07) is 7.43. The lowest BCUT2D eigenvalue weighted by molar-refractivity contribution is 0.0648. The summed E-state index contributed by atoms with van der Waals surface area (Å²) >= 11 is 0. The first-order chi connectivity index (χ1) is 9.82. The average Bonchev–Trinajstić information content (AvgIpc) is 2.76. The number of carbonyl (C=O) groups is 2. The molecule has 0 saturated carbocycles. The van der Waals surface area contributed by atoms with Gasteiger partial charge in [-0.05, 0) is 30.5 Å². The van der Waals surface area contributed by atoms with Crippen molar-refractivity contribution in [3.05, 3.63) is 46.8 Å². The van der Waals surface area contributed by atoms with Crippen molar-refractivity contribution in [3.63, 3.8) is 0 Å². The molecule has 0 aliphatic carbocycles. The molecular weight excluding hydrogens is 272 g/mol. The third kappa shape index (κ3) is 2.65. The van der Waals surface area contributed by atoms with Gasteiger partial charge in [-0.2, -0.15) is 5.10 Å². The molecular formula is C15H16N2O4. The van der Waals surface area contributed by atoms with Crippen molar-refractivity contribution in [3.8, 4) is 5.69 Å². The van der Waals surface area contributed by atoms with Crippen LogP contribution in [0, 0.1) is 6.92 Å². The summed E-state index contributed by atoms with van der Waals surface area (Å²) in [6.45, 7) is 5.68. The van der Waals surface area contributed by atoms with E-state index >= 15 is 0 Å². The Balaban J connectivity index is 2.56. The zero-order valence-corrected chi connectivity index (χ0v) is 12.0. The molecule has 110 valence electrons. The van der Waals surface area contributed by atoms with Gasteiger partial charge in [0.25, 0.3) is 0 Å². The molecule has 0 amide bonds. The maximum atomic E-state index is 11.2. The third-order valence-corrected chi connectivity index (χ3v) is 3.34. The Hall–Kier alpha value is -2.63. The summed E-state index contributed by atoms with van der Waals surface area (Å²) in [5.74, 6) is -2.27. The number of nitrogens with zero attached hydrogens (tertiary/aromatic N) is 2. The van der Waals surface area contributed by atoms with Crippen molar-refractivity contribution >= 4 is 11.9 Å². The van der Waals surface area contributed by atoms with Crippen molar-refractivity contribution < 1.29 is 19.8 Å². The van der Waals surface area contributed by atoms with Gasteiger partial charge in [0, 0.05) is 0 Å². The minimum Gasteiger partial charge on any atom is -0.478 e. The van der Waals surface area contributed by atoms with E-state index in [1.165, 1.54) is 4.68 Å². The van der Waals surface area contributed by atoms with E-state index in [0.717, 1.165) is 5.56 Å². The van der Waals surface area contributed by atoms with Gasteiger partial charge in [0.05, 0.1) is 11.4 Å². The van der Waals surface area contributed by atoms with E-state index in [0.29, 0.717) is 11.6 Å². The monoisotopic (exact) mass is 288 g/mol. The minimum atomic E-state index is -1.35. The van der Waals surface area contributed by atoms with Crippen LogP contribution in [-0.2, 0) is 0 Å². The normalized spacial score (nSPS) is 10.9. The molecule has 0 radical (unpaired) electrons. The molecule has 6 heteroatoms. The molecule has 1 aromatic carbocycles. The maximum absolute atomic E-state index is 11.2. The molecule has 2 aromatic rings. The van der Waals surface area contributed by atoms with Crippen LogP contribution in [-0.4, -0.2) is 31.9 Å². The van der Waals surface area contributed by atoms with E-state index in [9.17, 15) is 9.59 Å². The summed E-state index contributed by atoms with van der Waals surface area (Å²) in [6.07, 6.45) is 0. The van der Waals surface area contributed by atoms with E-state index in [2.05, 4.69) is 18.9 Å². The summed E-state index contributed by atoms with van der Waals surface area (Å²) in [5.41, 5.74) is 1.33. The summed E-state index contributed by atoms with van der Waals surface area (Å²) in [5, 5.41) is 22.1. The van der Waals surface area contributed by atoms with Crippen LogP contribution in [0.4, 0.5) is 0 Å². The molecule has 1 heterocycles. The predicted octanol–water partition coefficient (Wildman–Crippen LogP) is 2.70. The van der Waals surface area contributed by atoms with Gasteiger partial charge in [-0.3, -0.25) is 0 Å². The number of aromatic nitrogens is 2. The zero-order valence-electron chi connectivity index (χ0n) is 12.0. The number of aromatic carboxylic acids is 2. The van der Waals surface area contributed by atoms with E-state index in [1.807, 2.05) is 12.1 Å². The molecule has 0 aliphatic rings. The molecule has 1 aromatic heterocycles. The topological polar surface area (TPSA) is 92.4 Å². The molecule has 21 heavy (non-hydrogen) atoms. The molecule has 0 saturated heterocycles. The fourth-order valence-electron chi connectivity index (χ4n) is 2.16. The summed E-state index contributed by atoms with van der Waals surface area (Å²) < 4.78 is 1.34. The molecule has 2 N–H and O–H groups in total. The SMILES string of the molecule is Cc1c(C(=O)O)c(C(=O)O)nn1-c1ccc(C(C)C)cc1. The lowest BCUT2D eigenvalue weighted by atomic mass is 10.0. The molecule has 0 unspecified atom stereocenters. The Bertz CT molecular complexity index is 699. The lowest BCUT2D eigenvalue weighted by Gasteiger charge is -2.08. The van der Waals surface area contributed by atoms with Crippen molar-refractivity contribution in [2.45, 2.75) is 26.7 Å². The Morgan fingerprint density at radius 3 is 2.05 bits per heavy atom. The highest BCUT2D eigenvalue weighted by Gasteiger charge is 2.25. The molecule has 6 nitrogen and oxygen atoms in total. The second-order valence-corrected chi connectivity index (χ2v) is 5.08. The largest absolute Gasteiger partial charge is 0.478 e. The second kappa shape index (κ2) is 5.40. The minimum absolute atomic E-state index is 0.282. The number of carboxylic acid groups (broad SMARTS) is 2. The number of carboxylic acids is 2. The Morgan fingerprint density at radius 1 is 1.10 bits per heavy atom. The van der Waals surface area contributed by atoms with Crippen LogP contribution in [0.2, 0.25) is 0 Å². The van der Waals surface area contributed by atoms with Crippen LogP contribution in [0.1, 0.15) is 51.9 Å². The average molecular weight is 288 g/mol. The summed E-state index contributed by atoms with van der Waals surface area (Å²) in [7, 11) is 0. The van der Waals surface area contributed by atoms with E-state index in [-0.39, 0.29) is 11.3 Å². The Kier molecular flexibility index (Phi) is 3.80. The van der Waals surface area contributed by atoms with Gasteiger partial charge < -0.3 is 10.2 Å². The van der Waals surface area contributed by atoms with E-state index in [1.54, 1.807) is 19.1 Å². The van der Waals surface area contributed by atoms with Crippen molar-refractivity contribution in [1.82, 2.24) is 9.78 Å². The second-order valence-electron chi connectivity index (χ2n) is 5.08. The summed E-state index contributed by atoms with van der Waals surface area (Å²) in [4.78, 5) is 22.3. The van der Waals surface area contributed by atoms with Gasteiger partial charge in [-0.15, -0.1) is 0 Å². The highest BCUT2D eigenvalue weighted by atomic mass is 16.4. The fourth-order valence-corrected chi connectivity index (χ4v) is 2.16. The van der Waals surface area contributed by atoms with Crippen LogP contribution in [0.25, 0.3) is 5.69 Å². The molecule has 0 aliphatic heterocycles. The van der Waals surface area contributed by atoms with Gasteiger partial charge in [-0.25, -0.2) is 14.3 Å². The smallest absolute Gasteiger partial charge is 0.357 e. The first-order valence-electron chi connectivity index (χ1n) is 6.49. The molecule has 0 atom stereocenters. The molecule has 0 spiro atoms. The number of benzene rings is 1. The van der Waals surface area contributed by atoms with Gasteiger partial charge in [0.15, 0.2) is 5.69 Å². The first kappa shape index (κ1) is 14.8. The van der Waals surface area contributed by atoms with E-state index < -0.39 is 17.6 Å². The van der Waals surface area contributed by atoms with Crippen LogP contribution >= 0.6 is 0 Å². The van der Waals surface area contributed by atoms with Gasteiger partial charge in [0.2, 0.25) is 0 Å². The lowest BCUT2D eigenvalue weighted by Crippen LogP contribution is -2.07. The highest BCUT2D eigenvalue weighted by molar-refractivity contribution is 6.01. The zero-order chi connectivity index (χ0) is 15.7. The fraction of sp³-hybridized carbons (Fsp3) is 0.267.